The number of alkyl halides is 3. The largest absolute Gasteiger partial charge is 0.411 e. The van der Waals surface area contributed by atoms with E-state index in [0.29, 0.717) is 16.8 Å². The average molecular weight is 387 g/mol. The number of halogens is 3. The van der Waals surface area contributed by atoms with Crippen LogP contribution in [0.3, 0.4) is 0 Å². The Morgan fingerprint density at radius 1 is 1.04 bits per heavy atom. The number of benzene rings is 2. The Labute approximate surface area is 148 Å². The van der Waals surface area contributed by atoms with Gasteiger partial charge in [-0.25, -0.2) is 8.42 Å². The number of carbonyl (C=O) groups excluding carboxylic acids is 1. The van der Waals surface area contributed by atoms with Crippen LogP contribution in [0.15, 0.2) is 53.4 Å². The maximum atomic E-state index is 12.1. The molecule has 26 heavy (non-hydrogen) atoms. The maximum absolute atomic E-state index is 12.1. The normalized spacial score (nSPS) is 12.0. The fraction of sp³-hybridized carbons (Fsp3) is 0.235. The van der Waals surface area contributed by atoms with E-state index in [9.17, 15) is 26.4 Å². The summed E-state index contributed by atoms with van der Waals surface area (Å²) in [6.07, 6.45) is -3.30. The fourth-order valence-electron chi connectivity index (χ4n) is 2.03. The third-order valence-electron chi connectivity index (χ3n) is 3.29. The molecular formula is C17H16F3NO4S. The van der Waals surface area contributed by atoms with Crippen LogP contribution in [0.5, 0.6) is 0 Å². The third-order valence-corrected chi connectivity index (χ3v) is 4.42. The summed E-state index contributed by atoms with van der Waals surface area (Å²) in [6, 6.07) is 11.6. The van der Waals surface area contributed by atoms with E-state index >= 15 is 0 Å². The lowest BCUT2D eigenvalue weighted by molar-refractivity contribution is -0.176. The van der Waals surface area contributed by atoms with Crippen LogP contribution in [0.1, 0.15) is 15.9 Å². The van der Waals surface area contributed by atoms with E-state index in [4.69, 9.17) is 0 Å². The SMILES string of the molecule is CS(=O)(=O)c1ccc(NC(=O)c2ccc(COCC(F)(F)F)cc2)cc1. The zero-order chi connectivity index (χ0) is 19.4. The van der Waals surface area contributed by atoms with Gasteiger partial charge in [0, 0.05) is 17.5 Å². The quantitative estimate of drug-likeness (QED) is 0.824. The molecule has 1 amide bonds. The molecule has 2 aromatic rings. The van der Waals surface area contributed by atoms with Gasteiger partial charge < -0.3 is 10.1 Å². The Bertz CT molecular complexity index is 860. The number of amides is 1. The fourth-order valence-corrected chi connectivity index (χ4v) is 2.66. The van der Waals surface area contributed by atoms with Gasteiger partial charge in [0.25, 0.3) is 5.91 Å². The van der Waals surface area contributed by atoms with Crippen molar-refractivity contribution in [3.8, 4) is 0 Å². The maximum Gasteiger partial charge on any atom is 0.411 e. The predicted molar refractivity (Wildman–Crippen MR) is 89.7 cm³/mol. The van der Waals surface area contributed by atoms with Crippen molar-refractivity contribution in [1.29, 1.82) is 0 Å². The molecule has 0 bridgehead atoms. The van der Waals surface area contributed by atoms with Crippen molar-refractivity contribution in [2.75, 3.05) is 18.2 Å². The molecule has 0 aliphatic carbocycles. The molecule has 0 unspecified atom stereocenters. The monoisotopic (exact) mass is 387 g/mol. The Hall–Kier alpha value is -2.39. The molecule has 0 saturated heterocycles. The lowest BCUT2D eigenvalue weighted by Gasteiger charge is -2.09. The van der Waals surface area contributed by atoms with Crippen molar-refractivity contribution in [1.82, 2.24) is 0 Å². The van der Waals surface area contributed by atoms with Crippen molar-refractivity contribution in [2.45, 2.75) is 17.7 Å². The van der Waals surface area contributed by atoms with Gasteiger partial charge >= 0.3 is 6.18 Å². The van der Waals surface area contributed by atoms with Crippen molar-refractivity contribution < 1.29 is 31.1 Å². The predicted octanol–water partition coefficient (Wildman–Crippen LogP) is 3.42. The van der Waals surface area contributed by atoms with E-state index in [1.807, 2.05) is 0 Å². The summed E-state index contributed by atoms with van der Waals surface area (Å²) < 4.78 is 63.4. The summed E-state index contributed by atoms with van der Waals surface area (Å²) in [5.74, 6) is -0.431. The molecule has 0 atom stereocenters. The van der Waals surface area contributed by atoms with Crippen molar-refractivity contribution in [2.24, 2.45) is 0 Å². The summed E-state index contributed by atoms with van der Waals surface area (Å²) in [4.78, 5) is 12.3. The minimum absolute atomic E-state index is 0.138. The standard InChI is InChI=1S/C17H16F3NO4S/c1-26(23,24)15-8-6-14(7-9-15)21-16(22)13-4-2-12(3-5-13)10-25-11-17(18,19)20/h2-9H,10-11H2,1H3,(H,21,22). The molecule has 0 radical (unpaired) electrons. The van der Waals surface area contributed by atoms with Gasteiger partial charge in [-0.15, -0.1) is 0 Å². The van der Waals surface area contributed by atoms with E-state index in [2.05, 4.69) is 10.1 Å². The zero-order valence-corrected chi connectivity index (χ0v) is 14.5. The minimum Gasteiger partial charge on any atom is -0.367 e. The van der Waals surface area contributed by atoms with E-state index in [-0.39, 0.29) is 11.5 Å². The second-order valence-corrected chi connectivity index (χ2v) is 7.57. The molecule has 0 aliphatic heterocycles. The van der Waals surface area contributed by atoms with Crippen LogP contribution in [0.2, 0.25) is 0 Å². The second-order valence-electron chi connectivity index (χ2n) is 5.56. The summed E-state index contributed by atoms with van der Waals surface area (Å²) in [6.45, 7) is -1.55. The number of anilines is 1. The topological polar surface area (TPSA) is 72.5 Å². The lowest BCUT2D eigenvalue weighted by Crippen LogP contribution is -2.16. The summed E-state index contributed by atoms with van der Waals surface area (Å²) in [7, 11) is -3.32. The molecule has 9 heteroatoms. The molecule has 0 fully saturated rings. The van der Waals surface area contributed by atoms with Crippen molar-refractivity contribution in [3.63, 3.8) is 0 Å². The highest BCUT2D eigenvalue weighted by Crippen LogP contribution is 2.17. The highest BCUT2D eigenvalue weighted by atomic mass is 32.2. The lowest BCUT2D eigenvalue weighted by atomic mass is 10.1. The first kappa shape index (κ1) is 19.9. The number of ether oxygens (including phenoxy) is 1. The third kappa shape index (κ3) is 6.16. The second kappa shape index (κ2) is 7.88. The van der Waals surface area contributed by atoms with Gasteiger partial charge in [0.1, 0.15) is 6.61 Å². The molecule has 5 nitrogen and oxygen atoms in total. The van der Waals surface area contributed by atoms with Gasteiger partial charge in [-0.2, -0.15) is 13.2 Å². The first-order valence-electron chi connectivity index (χ1n) is 7.39. The van der Waals surface area contributed by atoms with Crippen LogP contribution in [-0.2, 0) is 21.2 Å². The number of rotatable bonds is 6. The minimum atomic E-state index is -4.38. The molecule has 0 saturated carbocycles. The zero-order valence-electron chi connectivity index (χ0n) is 13.7. The summed E-state index contributed by atoms with van der Waals surface area (Å²) in [5.41, 5.74) is 1.22. The van der Waals surface area contributed by atoms with Crippen molar-refractivity contribution >= 4 is 21.4 Å². The Balaban J connectivity index is 1.95. The molecule has 0 aliphatic rings. The van der Waals surface area contributed by atoms with E-state index < -0.39 is 28.5 Å². The molecule has 140 valence electrons. The summed E-state index contributed by atoms with van der Waals surface area (Å²) >= 11 is 0. The highest BCUT2D eigenvalue weighted by Gasteiger charge is 2.27. The van der Waals surface area contributed by atoms with Crippen LogP contribution in [0.4, 0.5) is 18.9 Å². The van der Waals surface area contributed by atoms with Crippen LogP contribution in [-0.4, -0.2) is 33.4 Å². The molecule has 1 N–H and O–H groups in total. The number of carbonyl (C=O) groups is 1. The Kier molecular flexibility index (Phi) is 6.04. The Morgan fingerprint density at radius 2 is 1.62 bits per heavy atom. The number of sulfone groups is 1. The van der Waals surface area contributed by atoms with Crippen molar-refractivity contribution in [3.05, 3.63) is 59.7 Å². The molecule has 0 spiro atoms. The van der Waals surface area contributed by atoms with E-state index in [1.54, 1.807) is 0 Å². The first-order chi connectivity index (χ1) is 12.0. The molecular weight excluding hydrogens is 371 g/mol. The molecule has 2 rings (SSSR count). The molecule has 0 aromatic heterocycles. The first-order valence-corrected chi connectivity index (χ1v) is 9.29. The average Bonchev–Trinajstić information content (AvgIpc) is 2.54. The van der Waals surface area contributed by atoms with Crippen LogP contribution in [0.25, 0.3) is 0 Å². The van der Waals surface area contributed by atoms with E-state index in [0.717, 1.165) is 6.26 Å². The number of nitrogens with one attached hydrogen (secondary N) is 1. The van der Waals surface area contributed by atoms with Crippen LogP contribution in [0, 0.1) is 0 Å². The van der Waals surface area contributed by atoms with E-state index in [1.165, 1.54) is 48.5 Å². The van der Waals surface area contributed by atoms with Crippen LogP contribution >= 0.6 is 0 Å². The number of hydrogen-bond acceptors (Lipinski definition) is 4. The van der Waals surface area contributed by atoms with Gasteiger partial charge in [0.15, 0.2) is 9.84 Å². The number of hydrogen-bond donors (Lipinski definition) is 1. The molecule has 2 aromatic carbocycles. The Morgan fingerprint density at radius 3 is 2.12 bits per heavy atom. The molecule has 0 heterocycles. The van der Waals surface area contributed by atoms with Crippen LogP contribution < -0.4 is 5.32 Å². The van der Waals surface area contributed by atoms with Gasteiger partial charge in [0.05, 0.1) is 11.5 Å². The smallest absolute Gasteiger partial charge is 0.367 e. The van der Waals surface area contributed by atoms with Gasteiger partial charge in [-0.05, 0) is 42.0 Å². The summed E-state index contributed by atoms with van der Waals surface area (Å²) in [5, 5.41) is 2.61. The van der Waals surface area contributed by atoms with Gasteiger partial charge in [-0.1, -0.05) is 12.1 Å². The van der Waals surface area contributed by atoms with Gasteiger partial charge in [0.2, 0.25) is 0 Å². The highest BCUT2D eigenvalue weighted by molar-refractivity contribution is 7.90. The van der Waals surface area contributed by atoms with Gasteiger partial charge in [-0.3, -0.25) is 4.79 Å².